The minimum absolute atomic E-state index is 0.0143. The van der Waals surface area contributed by atoms with Gasteiger partial charge in [-0.3, -0.25) is 4.79 Å². The molecule has 0 bridgehead atoms. The molecule has 24 heavy (non-hydrogen) atoms. The highest BCUT2D eigenvalue weighted by Crippen LogP contribution is 2.52. The number of hydrogen-bond donors (Lipinski definition) is 2. The molecule has 0 atom stereocenters. The Labute approximate surface area is 150 Å². The van der Waals surface area contributed by atoms with Gasteiger partial charge in [-0.05, 0) is 49.6 Å². The Balaban J connectivity index is 1.72. The lowest BCUT2D eigenvalue weighted by atomic mass is 9.92. The van der Waals surface area contributed by atoms with Gasteiger partial charge in [-0.1, -0.05) is 41.4 Å². The van der Waals surface area contributed by atoms with Crippen LogP contribution in [0, 0.1) is 6.92 Å². The van der Waals surface area contributed by atoms with E-state index in [1.807, 2.05) is 25.1 Å². The van der Waals surface area contributed by atoms with Crippen LogP contribution >= 0.6 is 23.2 Å². The molecule has 0 aliphatic heterocycles. The predicted molar refractivity (Wildman–Crippen MR) is 99.0 cm³/mol. The van der Waals surface area contributed by atoms with Crippen molar-refractivity contribution in [1.82, 2.24) is 4.98 Å². The zero-order chi connectivity index (χ0) is 16.9. The lowest BCUT2D eigenvalue weighted by molar-refractivity contribution is -0.118. The van der Waals surface area contributed by atoms with Crippen LogP contribution in [0.2, 0.25) is 10.0 Å². The van der Waals surface area contributed by atoms with E-state index in [-0.39, 0.29) is 5.91 Å². The largest absolute Gasteiger partial charge is 0.358 e. The van der Waals surface area contributed by atoms with Crippen LogP contribution < -0.4 is 5.32 Å². The summed E-state index contributed by atoms with van der Waals surface area (Å²) in [5.41, 5.74) is 3.32. The van der Waals surface area contributed by atoms with E-state index < -0.39 is 5.41 Å². The van der Waals surface area contributed by atoms with Crippen molar-refractivity contribution in [2.45, 2.75) is 25.2 Å². The van der Waals surface area contributed by atoms with Crippen LogP contribution in [-0.2, 0) is 10.2 Å². The first kappa shape index (κ1) is 15.6. The molecule has 1 aliphatic carbocycles. The molecule has 1 fully saturated rings. The van der Waals surface area contributed by atoms with Crippen molar-refractivity contribution in [2.75, 3.05) is 5.32 Å². The lowest BCUT2D eigenvalue weighted by Crippen LogP contribution is -2.28. The van der Waals surface area contributed by atoms with Gasteiger partial charge in [0.25, 0.3) is 0 Å². The van der Waals surface area contributed by atoms with Crippen LogP contribution in [-0.4, -0.2) is 10.9 Å². The number of para-hydroxylation sites is 1. The zero-order valence-electron chi connectivity index (χ0n) is 13.1. The maximum Gasteiger partial charge on any atom is 0.235 e. The molecule has 4 rings (SSSR count). The molecule has 3 aromatic rings. The summed E-state index contributed by atoms with van der Waals surface area (Å²) in [5, 5.41) is 5.09. The number of H-pyrrole nitrogens is 1. The molecule has 3 nitrogen and oxygen atoms in total. The van der Waals surface area contributed by atoms with Crippen molar-refractivity contribution in [1.29, 1.82) is 0 Å². The van der Waals surface area contributed by atoms with Crippen LogP contribution in [0.5, 0.6) is 0 Å². The van der Waals surface area contributed by atoms with Gasteiger partial charge >= 0.3 is 0 Å². The Morgan fingerprint density at radius 1 is 1.17 bits per heavy atom. The summed E-state index contributed by atoms with van der Waals surface area (Å²) in [6, 6.07) is 13.2. The highest BCUT2D eigenvalue weighted by molar-refractivity contribution is 6.36. The topological polar surface area (TPSA) is 44.9 Å². The van der Waals surface area contributed by atoms with Crippen LogP contribution in [0.15, 0.2) is 42.5 Å². The number of rotatable bonds is 3. The fourth-order valence-corrected chi connectivity index (χ4v) is 3.90. The molecule has 2 aromatic carbocycles. The summed E-state index contributed by atoms with van der Waals surface area (Å²) in [4.78, 5) is 16.4. The van der Waals surface area contributed by atoms with Gasteiger partial charge in [0.2, 0.25) is 5.91 Å². The average molecular weight is 359 g/mol. The summed E-state index contributed by atoms with van der Waals surface area (Å²) in [7, 11) is 0. The zero-order valence-corrected chi connectivity index (χ0v) is 14.6. The Kier molecular flexibility index (Phi) is 3.59. The molecule has 1 aliphatic rings. The second kappa shape index (κ2) is 5.54. The van der Waals surface area contributed by atoms with Crippen LogP contribution in [0.4, 0.5) is 5.69 Å². The van der Waals surface area contributed by atoms with Gasteiger partial charge in [-0.15, -0.1) is 0 Å². The van der Waals surface area contributed by atoms with Gasteiger partial charge in [0.15, 0.2) is 0 Å². The van der Waals surface area contributed by atoms with Gasteiger partial charge in [-0.25, -0.2) is 0 Å². The smallest absolute Gasteiger partial charge is 0.235 e. The van der Waals surface area contributed by atoms with Gasteiger partial charge in [-0.2, -0.15) is 0 Å². The number of carbonyl (C=O) groups excluding carboxylic acids is 1. The molecule has 0 radical (unpaired) electrons. The third kappa shape index (κ3) is 2.40. The number of aryl methyl sites for hydroxylation is 1. The Hall–Kier alpha value is -1.97. The molecule has 0 saturated heterocycles. The Morgan fingerprint density at radius 2 is 1.92 bits per heavy atom. The second-order valence-electron chi connectivity index (χ2n) is 6.33. The Bertz CT molecular complexity index is 957. The van der Waals surface area contributed by atoms with Crippen molar-refractivity contribution in [3.05, 3.63) is 63.8 Å². The van der Waals surface area contributed by atoms with Crippen molar-refractivity contribution in [3.8, 4) is 0 Å². The van der Waals surface area contributed by atoms with E-state index in [1.165, 1.54) is 0 Å². The number of aromatic nitrogens is 1. The van der Waals surface area contributed by atoms with E-state index in [1.54, 1.807) is 18.2 Å². The molecular formula is C19H16Cl2N2O. The van der Waals surface area contributed by atoms with E-state index in [4.69, 9.17) is 23.2 Å². The van der Waals surface area contributed by atoms with Gasteiger partial charge in [0, 0.05) is 21.6 Å². The summed E-state index contributed by atoms with van der Waals surface area (Å²) < 4.78 is 0. The quantitative estimate of drug-likeness (QED) is 0.641. The van der Waals surface area contributed by atoms with E-state index in [0.29, 0.717) is 15.7 Å². The monoisotopic (exact) mass is 358 g/mol. The number of anilines is 1. The maximum absolute atomic E-state index is 13.0. The molecule has 1 amide bonds. The third-order valence-electron chi connectivity index (χ3n) is 4.74. The third-order valence-corrected chi connectivity index (χ3v) is 5.28. The van der Waals surface area contributed by atoms with Crippen LogP contribution in [0.1, 0.15) is 24.1 Å². The second-order valence-corrected chi connectivity index (χ2v) is 7.17. The van der Waals surface area contributed by atoms with Crippen LogP contribution in [0.25, 0.3) is 10.9 Å². The number of hydrogen-bond acceptors (Lipinski definition) is 1. The first-order valence-electron chi connectivity index (χ1n) is 7.85. The highest BCUT2D eigenvalue weighted by Gasteiger charge is 2.53. The number of halogens is 2. The predicted octanol–water partition coefficient (Wildman–Crippen LogP) is 5.45. The van der Waals surface area contributed by atoms with Crippen molar-refractivity contribution in [3.63, 3.8) is 0 Å². The highest BCUT2D eigenvalue weighted by atomic mass is 35.5. The van der Waals surface area contributed by atoms with Crippen molar-refractivity contribution >= 4 is 45.7 Å². The lowest BCUT2D eigenvalue weighted by Gasteiger charge is -2.17. The first-order chi connectivity index (χ1) is 11.5. The van der Waals surface area contributed by atoms with Crippen LogP contribution in [0.3, 0.4) is 0 Å². The number of carbonyl (C=O) groups is 1. The van der Waals surface area contributed by atoms with E-state index in [9.17, 15) is 4.79 Å². The number of amides is 1. The summed E-state index contributed by atoms with van der Waals surface area (Å²) in [6.45, 7) is 2.03. The molecular weight excluding hydrogens is 343 g/mol. The van der Waals surface area contributed by atoms with Crippen molar-refractivity contribution < 1.29 is 4.79 Å². The SMILES string of the molecule is Cc1[nH]c2ccccc2c1C1(C(=O)Nc2ccc(Cl)cc2Cl)CC1. The number of nitrogens with one attached hydrogen (secondary N) is 2. The average Bonchev–Trinajstić information content (AvgIpc) is 3.27. The molecule has 1 heterocycles. The molecule has 5 heteroatoms. The standard InChI is InChI=1S/C19H16Cl2N2O/c1-11-17(13-4-2-3-5-15(13)22-11)19(8-9-19)18(24)23-16-7-6-12(20)10-14(16)21/h2-7,10,22H,8-9H2,1H3,(H,23,24). The molecule has 2 N–H and O–H groups in total. The van der Waals surface area contributed by atoms with Gasteiger partial charge in [0.05, 0.1) is 16.1 Å². The Morgan fingerprint density at radius 3 is 2.62 bits per heavy atom. The summed E-state index contributed by atoms with van der Waals surface area (Å²) in [6.07, 6.45) is 1.68. The van der Waals surface area contributed by atoms with E-state index in [2.05, 4.69) is 16.4 Å². The summed E-state index contributed by atoms with van der Waals surface area (Å²) >= 11 is 12.1. The maximum atomic E-state index is 13.0. The molecule has 1 aromatic heterocycles. The first-order valence-corrected chi connectivity index (χ1v) is 8.61. The normalized spacial score (nSPS) is 15.5. The fraction of sp³-hybridized carbons (Fsp3) is 0.211. The fourth-order valence-electron chi connectivity index (χ4n) is 3.44. The molecule has 0 spiro atoms. The van der Waals surface area contributed by atoms with Gasteiger partial charge in [0.1, 0.15) is 0 Å². The van der Waals surface area contributed by atoms with Gasteiger partial charge < -0.3 is 10.3 Å². The minimum Gasteiger partial charge on any atom is -0.358 e. The number of aromatic amines is 1. The number of benzene rings is 2. The molecule has 122 valence electrons. The summed E-state index contributed by atoms with van der Waals surface area (Å²) in [5.74, 6) is -0.0143. The number of fused-ring (bicyclic) bond motifs is 1. The van der Waals surface area contributed by atoms with Crippen molar-refractivity contribution in [2.24, 2.45) is 0 Å². The van der Waals surface area contributed by atoms with E-state index in [0.717, 1.165) is 35.0 Å². The molecule has 0 unspecified atom stereocenters. The molecule has 1 saturated carbocycles. The minimum atomic E-state index is -0.480. The van der Waals surface area contributed by atoms with E-state index >= 15 is 0 Å².